The fraction of sp³-hybridized carbons (Fsp3) is 0.455. The Morgan fingerprint density at radius 2 is 1.57 bits per heavy atom. The highest BCUT2D eigenvalue weighted by Crippen LogP contribution is 2.44. The number of fused-ring (bicyclic) bond motifs is 1. The third-order valence-corrected chi connectivity index (χ3v) is 6.11. The Labute approximate surface area is 188 Å². The molecule has 0 unspecified atom stereocenters. The van der Waals surface area contributed by atoms with Gasteiger partial charge >= 0.3 is 6.18 Å². The van der Waals surface area contributed by atoms with E-state index in [-0.39, 0.29) is 24.8 Å². The molecule has 2 aliphatic rings. The van der Waals surface area contributed by atoms with E-state index in [2.05, 4.69) is 29.0 Å². The Hall–Kier alpha value is -1.47. The maximum atomic E-state index is 12.7. The summed E-state index contributed by atoms with van der Waals surface area (Å²) < 4.78 is 43.5. The highest BCUT2D eigenvalue weighted by atomic mass is 35.5. The Morgan fingerprint density at radius 1 is 0.933 bits per heavy atom. The van der Waals surface area contributed by atoms with Crippen molar-refractivity contribution in [2.75, 3.05) is 33.8 Å². The summed E-state index contributed by atoms with van der Waals surface area (Å²) in [5, 5.41) is 0. The van der Waals surface area contributed by atoms with Crippen LogP contribution in [0.2, 0.25) is 0 Å². The van der Waals surface area contributed by atoms with Crippen LogP contribution in [0.15, 0.2) is 48.5 Å². The van der Waals surface area contributed by atoms with Crippen LogP contribution in [0.4, 0.5) is 13.2 Å². The van der Waals surface area contributed by atoms with Gasteiger partial charge in [-0.15, -0.1) is 24.8 Å². The normalized spacial score (nSPS) is 24.1. The molecule has 4 rings (SSSR count). The average molecular weight is 463 g/mol. The summed E-state index contributed by atoms with van der Waals surface area (Å²) in [4.78, 5) is 4.80. The van der Waals surface area contributed by atoms with Crippen LogP contribution in [0.25, 0.3) is 0 Å². The van der Waals surface area contributed by atoms with Crippen molar-refractivity contribution in [3.05, 3.63) is 65.2 Å². The second-order valence-electron chi connectivity index (χ2n) is 7.97. The van der Waals surface area contributed by atoms with Crippen molar-refractivity contribution in [2.45, 2.75) is 18.8 Å². The molecule has 2 saturated heterocycles. The molecule has 2 aromatic rings. The highest BCUT2D eigenvalue weighted by Gasteiger charge is 2.45. The van der Waals surface area contributed by atoms with E-state index in [1.807, 2.05) is 12.1 Å². The van der Waals surface area contributed by atoms with Crippen molar-refractivity contribution in [3.8, 4) is 5.75 Å². The van der Waals surface area contributed by atoms with E-state index in [1.165, 1.54) is 17.7 Å². The molecule has 2 heterocycles. The average Bonchev–Trinajstić information content (AvgIpc) is 3.17. The van der Waals surface area contributed by atoms with Crippen molar-refractivity contribution in [1.82, 2.24) is 9.80 Å². The van der Waals surface area contributed by atoms with E-state index in [1.54, 1.807) is 19.2 Å². The molecule has 0 saturated carbocycles. The van der Waals surface area contributed by atoms with Crippen molar-refractivity contribution in [2.24, 2.45) is 11.8 Å². The lowest BCUT2D eigenvalue weighted by Gasteiger charge is -2.27. The minimum Gasteiger partial charge on any atom is -0.497 e. The zero-order valence-electron chi connectivity index (χ0n) is 16.9. The summed E-state index contributed by atoms with van der Waals surface area (Å²) in [7, 11) is 3.84. The SMILES string of the molecule is COc1ccc([C@@H]2[C@@H]3CN(Cc4ccc(C(F)(F)F)cc4)C[C@@H]3CN2C)cc1.Cl.Cl. The second-order valence-corrected chi connectivity index (χ2v) is 7.97. The Balaban J connectivity index is 0.00000160. The predicted octanol–water partition coefficient (Wildman–Crippen LogP) is 5.29. The third-order valence-electron chi connectivity index (χ3n) is 6.11. The molecule has 2 aliphatic heterocycles. The molecule has 0 aromatic heterocycles. The van der Waals surface area contributed by atoms with E-state index >= 15 is 0 Å². The molecule has 166 valence electrons. The molecule has 0 N–H and O–H groups in total. The number of nitrogens with zero attached hydrogens (tertiary/aromatic N) is 2. The molecule has 2 fully saturated rings. The van der Waals surface area contributed by atoms with Gasteiger partial charge in [0.2, 0.25) is 0 Å². The van der Waals surface area contributed by atoms with Crippen LogP contribution in [0, 0.1) is 11.8 Å². The quantitative estimate of drug-likeness (QED) is 0.613. The largest absolute Gasteiger partial charge is 0.497 e. The fourth-order valence-electron chi connectivity index (χ4n) is 4.84. The second kappa shape index (κ2) is 9.77. The van der Waals surface area contributed by atoms with Gasteiger partial charge in [0.05, 0.1) is 12.7 Å². The van der Waals surface area contributed by atoms with Gasteiger partial charge < -0.3 is 4.74 Å². The summed E-state index contributed by atoms with van der Waals surface area (Å²) in [6, 6.07) is 14.2. The number of halogens is 5. The zero-order chi connectivity index (χ0) is 19.9. The smallest absolute Gasteiger partial charge is 0.416 e. The molecule has 0 radical (unpaired) electrons. The van der Waals surface area contributed by atoms with Crippen molar-refractivity contribution >= 4 is 24.8 Å². The van der Waals surface area contributed by atoms with Crippen molar-refractivity contribution in [1.29, 1.82) is 0 Å². The number of alkyl halides is 3. The Bertz CT molecular complexity index is 815. The highest BCUT2D eigenvalue weighted by molar-refractivity contribution is 5.85. The van der Waals surface area contributed by atoms with Crippen LogP contribution in [-0.2, 0) is 12.7 Å². The predicted molar refractivity (Wildman–Crippen MR) is 117 cm³/mol. The van der Waals surface area contributed by atoms with E-state index in [0.29, 0.717) is 24.4 Å². The van der Waals surface area contributed by atoms with Gasteiger partial charge in [-0.1, -0.05) is 24.3 Å². The zero-order valence-corrected chi connectivity index (χ0v) is 18.6. The topological polar surface area (TPSA) is 15.7 Å². The minimum absolute atomic E-state index is 0. The molecule has 8 heteroatoms. The number of benzene rings is 2. The molecule has 3 nitrogen and oxygen atoms in total. The number of rotatable bonds is 4. The van der Waals surface area contributed by atoms with Crippen LogP contribution < -0.4 is 4.74 Å². The molecule has 0 amide bonds. The van der Waals surface area contributed by atoms with Crippen LogP contribution in [0.1, 0.15) is 22.7 Å². The van der Waals surface area contributed by atoms with E-state index in [9.17, 15) is 13.2 Å². The number of likely N-dealkylation sites (tertiary alicyclic amines) is 2. The lowest BCUT2D eigenvalue weighted by molar-refractivity contribution is -0.137. The van der Waals surface area contributed by atoms with Crippen LogP contribution >= 0.6 is 24.8 Å². The first kappa shape index (κ1) is 24.8. The summed E-state index contributed by atoms with van der Waals surface area (Å²) in [6.45, 7) is 3.70. The first-order chi connectivity index (χ1) is 13.3. The minimum atomic E-state index is -4.28. The van der Waals surface area contributed by atoms with Gasteiger partial charge in [-0.25, -0.2) is 0 Å². The van der Waals surface area contributed by atoms with E-state index in [4.69, 9.17) is 4.74 Å². The number of hydrogen-bond donors (Lipinski definition) is 0. The summed E-state index contributed by atoms with van der Waals surface area (Å²) in [5.74, 6) is 1.98. The Kier molecular flexibility index (Phi) is 8.08. The van der Waals surface area contributed by atoms with Crippen LogP contribution in [0.3, 0.4) is 0 Å². The van der Waals surface area contributed by atoms with E-state index < -0.39 is 11.7 Å². The van der Waals surface area contributed by atoms with Crippen molar-refractivity contribution in [3.63, 3.8) is 0 Å². The molecular weight excluding hydrogens is 436 g/mol. The Morgan fingerprint density at radius 3 is 2.13 bits per heavy atom. The van der Waals surface area contributed by atoms with Gasteiger partial charge in [0.15, 0.2) is 0 Å². The number of methoxy groups -OCH3 is 1. The van der Waals surface area contributed by atoms with Gasteiger partial charge in [-0.3, -0.25) is 9.80 Å². The fourth-order valence-corrected chi connectivity index (χ4v) is 4.84. The lowest BCUT2D eigenvalue weighted by Crippen LogP contribution is -2.28. The van der Waals surface area contributed by atoms with Gasteiger partial charge in [-0.2, -0.15) is 13.2 Å². The molecular formula is C22H27Cl2F3N2O. The summed E-state index contributed by atoms with van der Waals surface area (Å²) in [6.07, 6.45) is -4.28. The number of hydrogen-bond acceptors (Lipinski definition) is 3. The molecule has 0 bridgehead atoms. The van der Waals surface area contributed by atoms with Crippen LogP contribution in [0.5, 0.6) is 5.75 Å². The lowest BCUT2D eigenvalue weighted by atomic mass is 9.89. The monoisotopic (exact) mass is 462 g/mol. The number of ether oxygens (including phenoxy) is 1. The summed E-state index contributed by atoms with van der Waals surface area (Å²) >= 11 is 0. The van der Waals surface area contributed by atoms with Gasteiger partial charge in [-0.05, 0) is 54.3 Å². The molecule has 0 spiro atoms. The molecule has 0 aliphatic carbocycles. The van der Waals surface area contributed by atoms with Gasteiger partial charge in [0, 0.05) is 32.2 Å². The molecule has 3 atom stereocenters. The van der Waals surface area contributed by atoms with Gasteiger partial charge in [0.25, 0.3) is 0 Å². The van der Waals surface area contributed by atoms with Crippen LogP contribution in [-0.4, -0.2) is 43.6 Å². The molecule has 30 heavy (non-hydrogen) atoms. The molecule has 2 aromatic carbocycles. The van der Waals surface area contributed by atoms with Crippen molar-refractivity contribution < 1.29 is 17.9 Å². The first-order valence-electron chi connectivity index (χ1n) is 9.58. The first-order valence-corrected chi connectivity index (χ1v) is 9.58. The maximum absolute atomic E-state index is 12.7. The maximum Gasteiger partial charge on any atom is 0.416 e. The third kappa shape index (κ3) is 5.05. The summed E-state index contributed by atoms with van der Waals surface area (Å²) in [5.41, 5.74) is 1.64. The van der Waals surface area contributed by atoms with Gasteiger partial charge in [0.1, 0.15) is 5.75 Å². The standard InChI is InChI=1S/C22H25F3N2O.2ClH/c1-26-12-17-13-27(11-15-3-7-18(8-4-15)22(23,24)25)14-20(17)21(26)16-5-9-19(28-2)10-6-16;;/h3-10,17,20-21H,11-14H2,1-2H3;2*1H/t17-,20+,21+;;/m0../s1. The van der Waals surface area contributed by atoms with E-state index in [0.717, 1.165) is 30.9 Å².